The molecule has 1 atom stereocenters. The first kappa shape index (κ1) is 15.9. The van der Waals surface area contributed by atoms with Gasteiger partial charge in [-0.1, -0.05) is 0 Å². The Bertz CT molecular complexity index is 296. The van der Waals surface area contributed by atoms with Crippen LogP contribution in [-0.4, -0.2) is 57.2 Å². The molecule has 0 saturated carbocycles. The Morgan fingerprint density at radius 3 is 2.83 bits per heavy atom. The van der Waals surface area contributed by atoms with E-state index in [1.165, 1.54) is 0 Å². The Kier molecular flexibility index (Phi) is 6.03. The first-order valence-electron chi connectivity index (χ1n) is 5.97. The lowest BCUT2D eigenvalue weighted by Gasteiger charge is -2.24. The molecule has 0 aliphatic carbocycles. The van der Waals surface area contributed by atoms with E-state index >= 15 is 0 Å². The molecule has 2 heterocycles. The highest BCUT2D eigenvalue weighted by molar-refractivity contribution is 14.0. The van der Waals surface area contributed by atoms with E-state index in [1.807, 2.05) is 0 Å². The van der Waals surface area contributed by atoms with Crippen LogP contribution in [0.1, 0.15) is 12.8 Å². The van der Waals surface area contributed by atoms with E-state index in [4.69, 9.17) is 4.74 Å². The van der Waals surface area contributed by atoms with Crippen molar-refractivity contribution in [2.45, 2.75) is 19.3 Å². The molecule has 1 unspecified atom stereocenters. The summed E-state index contributed by atoms with van der Waals surface area (Å²) in [5.74, 6) is 0.578. The van der Waals surface area contributed by atoms with Crippen molar-refractivity contribution in [2.75, 3.05) is 39.9 Å². The van der Waals surface area contributed by atoms with Crippen LogP contribution < -0.4 is 5.32 Å². The molecule has 1 N–H and O–H groups in total. The van der Waals surface area contributed by atoms with Crippen LogP contribution in [0.3, 0.4) is 0 Å². The van der Waals surface area contributed by atoms with Crippen LogP contribution >= 0.6 is 24.0 Å². The highest BCUT2D eigenvalue weighted by Crippen LogP contribution is 2.38. The van der Waals surface area contributed by atoms with Gasteiger partial charge in [0.25, 0.3) is 6.43 Å². The van der Waals surface area contributed by atoms with Gasteiger partial charge in [-0.3, -0.25) is 4.99 Å². The van der Waals surface area contributed by atoms with Crippen LogP contribution in [-0.2, 0) is 4.74 Å². The Morgan fingerprint density at radius 1 is 1.50 bits per heavy atom. The van der Waals surface area contributed by atoms with E-state index in [1.54, 1.807) is 7.05 Å². The molecule has 2 aliphatic heterocycles. The topological polar surface area (TPSA) is 36.9 Å². The van der Waals surface area contributed by atoms with Gasteiger partial charge in [-0.15, -0.1) is 24.0 Å². The van der Waals surface area contributed by atoms with Gasteiger partial charge in [0.05, 0.1) is 13.2 Å². The van der Waals surface area contributed by atoms with Gasteiger partial charge >= 0.3 is 0 Å². The molecule has 1 spiro atoms. The molecule has 106 valence electrons. The Labute approximate surface area is 123 Å². The van der Waals surface area contributed by atoms with Crippen molar-refractivity contribution in [3.8, 4) is 0 Å². The van der Waals surface area contributed by atoms with Crippen molar-refractivity contribution in [3.05, 3.63) is 0 Å². The highest BCUT2D eigenvalue weighted by Gasteiger charge is 2.42. The lowest BCUT2D eigenvalue weighted by Crippen LogP contribution is -2.43. The maximum absolute atomic E-state index is 12.2. The lowest BCUT2D eigenvalue weighted by molar-refractivity contribution is 0.149. The maximum atomic E-state index is 12.2. The number of likely N-dealkylation sites (tertiary alicyclic amines) is 1. The number of ether oxygens (including phenoxy) is 1. The van der Waals surface area contributed by atoms with Gasteiger partial charge in [-0.2, -0.15) is 0 Å². The number of nitrogens with one attached hydrogen (secondary N) is 1. The molecular weight excluding hydrogens is 355 g/mol. The van der Waals surface area contributed by atoms with Gasteiger partial charge in [0.1, 0.15) is 0 Å². The maximum Gasteiger partial charge on any atom is 0.255 e. The van der Waals surface area contributed by atoms with Crippen LogP contribution in [0, 0.1) is 5.41 Å². The number of alkyl halides is 2. The first-order valence-corrected chi connectivity index (χ1v) is 5.97. The standard InChI is InChI=1S/C11H19F2N3O.HI/c1-14-10(15-6-9(12)13)16-4-2-11(7-16)3-5-17-8-11;/h9H,2-8H2,1H3,(H,14,15);1H. The Morgan fingerprint density at radius 2 is 2.28 bits per heavy atom. The number of hydrogen-bond donors (Lipinski definition) is 1. The van der Waals surface area contributed by atoms with Crippen LogP contribution in [0.2, 0.25) is 0 Å². The van der Waals surface area contributed by atoms with E-state index in [0.29, 0.717) is 5.96 Å². The SMILES string of the molecule is CN=C(NCC(F)F)N1CCC2(CCOC2)C1.I. The third kappa shape index (κ3) is 3.66. The summed E-state index contributed by atoms with van der Waals surface area (Å²) in [5.41, 5.74) is 0.225. The summed E-state index contributed by atoms with van der Waals surface area (Å²) in [6.07, 6.45) is -0.226. The van der Waals surface area contributed by atoms with Crippen LogP contribution in [0.5, 0.6) is 0 Å². The number of halogens is 3. The smallest absolute Gasteiger partial charge is 0.255 e. The molecule has 18 heavy (non-hydrogen) atoms. The second kappa shape index (κ2) is 6.83. The van der Waals surface area contributed by atoms with E-state index in [-0.39, 0.29) is 35.9 Å². The third-order valence-electron chi connectivity index (χ3n) is 3.55. The van der Waals surface area contributed by atoms with Gasteiger partial charge in [0, 0.05) is 32.2 Å². The van der Waals surface area contributed by atoms with E-state index in [2.05, 4.69) is 15.2 Å². The lowest BCUT2D eigenvalue weighted by atomic mass is 9.87. The summed E-state index contributed by atoms with van der Waals surface area (Å²) >= 11 is 0. The van der Waals surface area contributed by atoms with Gasteiger partial charge < -0.3 is 15.0 Å². The van der Waals surface area contributed by atoms with Gasteiger partial charge in [-0.25, -0.2) is 8.78 Å². The van der Waals surface area contributed by atoms with Crippen molar-refractivity contribution in [2.24, 2.45) is 10.4 Å². The fraction of sp³-hybridized carbons (Fsp3) is 0.909. The van der Waals surface area contributed by atoms with Crippen LogP contribution in [0.15, 0.2) is 4.99 Å². The summed E-state index contributed by atoms with van der Waals surface area (Å²) in [6, 6.07) is 0. The second-order valence-electron chi connectivity index (χ2n) is 4.79. The number of hydrogen-bond acceptors (Lipinski definition) is 2. The average Bonchev–Trinajstić information content (AvgIpc) is 2.91. The first-order chi connectivity index (χ1) is 8.15. The van der Waals surface area contributed by atoms with Gasteiger partial charge in [0.2, 0.25) is 0 Å². The zero-order chi connectivity index (χ0) is 12.3. The molecule has 4 nitrogen and oxygen atoms in total. The molecular formula is C11H20F2IN3O. The third-order valence-corrected chi connectivity index (χ3v) is 3.55. The normalized spacial score (nSPS) is 28.0. The summed E-state index contributed by atoms with van der Waals surface area (Å²) in [6.45, 7) is 2.99. The molecule has 0 aromatic carbocycles. The molecule has 2 aliphatic rings. The predicted octanol–water partition coefficient (Wildman–Crippen LogP) is 1.56. The molecule has 2 rings (SSSR count). The van der Waals surface area contributed by atoms with Crippen molar-refractivity contribution in [1.29, 1.82) is 0 Å². The quantitative estimate of drug-likeness (QED) is 0.452. The zero-order valence-electron chi connectivity index (χ0n) is 10.5. The summed E-state index contributed by atoms with van der Waals surface area (Å²) < 4.78 is 29.7. The van der Waals surface area contributed by atoms with Gasteiger partial charge in [-0.05, 0) is 12.8 Å². The average molecular weight is 375 g/mol. The fourth-order valence-electron chi connectivity index (χ4n) is 2.59. The van der Waals surface area contributed by atoms with Crippen molar-refractivity contribution in [1.82, 2.24) is 10.2 Å². The monoisotopic (exact) mass is 375 g/mol. The number of rotatable bonds is 2. The Balaban J connectivity index is 0.00000162. The minimum absolute atomic E-state index is 0. The predicted molar refractivity (Wildman–Crippen MR) is 76.8 cm³/mol. The zero-order valence-corrected chi connectivity index (χ0v) is 12.8. The summed E-state index contributed by atoms with van der Waals surface area (Å²) in [7, 11) is 1.63. The van der Waals surface area contributed by atoms with Crippen molar-refractivity contribution in [3.63, 3.8) is 0 Å². The molecule has 2 fully saturated rings. The van der Waals surface area contributed by atoms with Crippen LogP contribution in [0.4, 0.5) is 8.78 Å². The molecule has 0 radical (unpaired) electrons. The number of aliphatic imine (C=N–C) groups is 1. The molecule has 0 aromatic heterocycles. The van der Waals surface area contributed by atoms with Crippen molar-refractivity contribution >= 4 is 29.9 Å². The second-order valence-corrected chi connectivity index (χ2v) is 4.79. The number of nitrogens with zero attached hydrogens (tertiary/aromatic N) is 2. The summed E-state index contributed by atoms with van der Waals surface area (Å²) in [4.78, 5) is 6.11. The molecule has 2 saturated heterocycles. The molecule has 0 amide bonds. The molecule has 0 aromatic rings. The van der Waals surface area contributed by atoms with E-state index in [9.17, 15) is 8.78 Å². The van der Waals surface area contributed by atoms with Crippen molar-refractivity contribution < 1.29 is 13.5 Å². The largest absolute Gasteiger partial charge is 0.381 e. The fourth-order valence-corrected chi connectivity index (χ4v) is 2.59. The summed E-state index contributed by atoms with van der Waals surface area (Å²) in [5, 5.41) is 2.70. The molecule has 0 bridgehead atoms. The van der Waals surface area contributed by atoms with E-state index in [0.717, 1.165) is 39.1 Å². The minimum Gasteiger partial charge on any atom is -0.381 e. The van der Waals surface area contributed by atoms with Gasteiger partial charge in [0.15, 0.2) is 5.96 Å². The van der Waals surface area contributed by atoms with E-state index < -0.39 is 6.43 Å². The molecule has 7 heteroatoms. The minimum atomic E-state index is -2.35. The highest BCUT2D eigenvalue weighted by atomic mass is 127. The Hall–Kier alpha value is -0.180. The number of guanidine groups is 1. The van der Waals surface area contributed by atoms with Crippen LogP contribution in [0.25, 0.3) is 0 Å².